The number of aryl methyl sites for hydroxylation is 2. The molecule has 0 amide bonds. The molecule has 0 aliphatic carbocycles. The van der Waals surface area contributed by atoms with Crippen LogP contribution in [-0.2, 0) is 17.4 Å². The number of hydrogen-bond acceptors (Lipinski definition) is 1. The number of rotatable bonds is 9. The van der Waals surface area contributed by atoms with E-state index in [0.717, 1.165) is 12.8 Å². The molecule has 0 bridgehead atoms. The van der Waals surface area contributed by atoms with Gasteiger partial charge in [0.05, 0.1) is 11.3 Å². The van der Waals surface area contributed by atoms with Crippen LogP contribution in [0, 0.1) is 0 Å². The van der Waals surface area contributed by atoms with Crippen molar-refractivity contribution < 1.29 is 4.57 Å². The monoisotopic (exact) mass is 409 g/mol. The Hall–Kier alpha value is -1.63. The maximum absolute atomic E-state index is 14.4. The second kappa shape index (κ2) is 9.92. The van der Waals surface area contributed by atoms with E-state index >= 15 is 0 Å². The Morgan fingerprint density at radius 1 is 0.724 bits per heavy atom. The van der Waals surface area contributed by atoms with Gasteiger partial charge >= 0.3 is 0 Å². The van der Waals surface area contributed by atoms with Gasteiger partial charge in [-0.15, -0.1) is 0 Å². The topological polar surface area (TPSA) is 20.3 Å². The van der Waals surface area contributed by atoms with E-state index in [2.05, 4.69) is 74.5 Å². The van der Waals surface area contributed by atoms with Gasteiger partial charge in [-0.2, -0.15) is 0 Å². The van der Waals surface area contributed by atoms with Gasteiger partial charge in [0, 0.05) is 0 Å². The zero-order valence-corrected chi connectivity index (χ0v) is 19.4. The molecule has 0 aromatic heterocycles. The molecular formula is C26H36NOP. The summed E-state index contributed by atoms with van der Waals surface area (Å²) in [5, 5.41) is 0. The Kier molecular flexibility index (Phi) is 7.55. The van der Waals surface area contributed by atoms with Crippen LogP contribution >= 0.6 is 7.29 Å². The van der Waals surface area contributed by atoms with Gasteiger partial charge in [0.2, 0.25) is 0 Å². The van der Waals surface area contributed by atoms with Crippen molar-refractivity contribution in [3.63, 3.8) is 0 Å². The van der Waals surface area contributed by atoms with E-state index in [-0.39, 0.29) is 11.3 Å². The molecule has 0 fully saturated rings. The van der Waals surface area contributed by atoms with E-state index in [1.165, 1.54) is 47.9 Å². The minimum Gasteiger partial charge on any atom is -0.305 e. The molecule has 0 radical (unpaired) electrons. The van der Waals surface area contributed by atoms with Crippen molar-refractivity contribution in [2.24, 2.45) is 0 Å². The molecule has 1 aliphatic heterocycles. The SMILES string of the molecule is CCCCc1ccc([C@H]2C=C[C@@H](c3ccc(CCCC)cc3)P2(=O)N(C)C)cc1. The smallest absolute Gasteiger partial charge is 0.171 e. The molecule has 1 aliphatic rings. The lowest BCUT2D eigenvalue weighted by Crippen LogP contribution is -2.15. The van der Waals surface area contributed by atoms with Crippen LogP contribution in [0.3, 0.4) is 0 Å². The van der Waals surface area contributed by atoms with E-state index < -0.39 is 7.29 Å². The molecule has 2 nitrogen and oxygen atoms in total. The van der Waals surface area contributed by atoms with Gasteiger partial charge in [-0.3, -0.25) is 4.67 Å². The summed E-state index contributed by atoms with van der Waals surface area (Å²) >= 11 is 0. The molecule has 0 saturated heterocycles. The largest absolute Gasteiger partial charge is 0.305 e. The van der Waals surface area contributed by atoms with E-state index in [1.807, 2.05) is 18.8 Å². The molecule has 1 unspecified atom stereocenters. The highest BCUT2D eigenvalue weighted by Crippen LogP contribution is 2.74. The first-order chi connectivity index (χ1) is 14.0. The Morgan fingerprint density at radius 2 is 1.10 bits per heavy atom. The minimum atomic E-state index is -2.66. The number of benzene rings is 2. The summed E-state index contributed by atoms with van der Waals surface area (Å²) in [6.07, 6.45) is 11.5. The zero-order chi connectivity index (χ0) is 20.9. The fraction of sp³-hybridized carbons (Fsp3) is 0.462. The third-order valence-corrected chi connectivity index (χ3v) is 9.96. The predicted octanol–water partition coefficient (Wildman–Crippen LogP) is 7.56. The van der Waals surface area contributed by atoms with Crippen LogP contribution in [0.4, 0.5) is 0 Å². The zero-order valence-electron chi connectivity index (χ0n) is 18.5. The summed E-state index contributed by atoms with van der Waals surface area (Å²) in [5.74, 6) is 0. The summed E-state index contributed by atoms with van der Waals surface area (Å²) in [7, 11) is 1.29. The standard InChI is InChI=1S/C26H36NOP/c1-5-7-9-21-11-15-23(16-12-21)25-19-20-26(29(25,28)27(3)4)24-17-13-22(14-18-24)10-8-6-2/h11-20,25-26H,5-10H2,1-4H3/t25-,26+,29?. The highest BCUT2D eigenvalue weighted by molar-refractivity contribution is 7.63. The second-order valence-electron chi connectivity index (χ2n) is 8.48. The average Bonchev–Trinajstić information content (AvgIpc) is 3.10. The quantitative estimate of drug-likeness (QED) is 0.314. The lowest BCUT2D eigenvalue weighted by molar-refractivity contribution is 0.505. The van der Waals surface area contributed by atoms with E-state index in [9.17, 15) is 4.57 Å². The maximum Gasteiger partial charge on any atom is 0.171 e. The Balaban J connectivity index is 1.84. The van der Waals surface area contributed by atoms with Crippen LogP contribution in [0.25, 0.3) is 0 Å². The fourth-order valence-corrected chi connectivity index (χ4v) is 7.53. The highest BCUT2D eigenvalue weighted by Gasteiger charge is 2.45. The molecule has 156 valence electrons. The molecule has 3 rings (SSSR count). The predicted molar refractivity (Wildman–Crippen MR) is 126 cm³/mol. The first kappa shape index (κ1) is 22.1. The molecule has 3 atom stereocenters. The van der Waals surface area contributed by atoms with Gasteiger partial charge in [0.15, 0.2) is 7.29 Å². The van der Waals surface area contributed by atoms with Gasteiger partial charge < -0.3 is 4.57 Å². The van der Waals surface area contributed by atoms with Crippen LogP contribution in [0.15, 0.2) is 60.7 Å². The summed E-state index contributed by atoms with van der Waals surface area (Å²) < 4.78 is 16.3. The summed E-state index contributed by atoms with van der Waals surface area (Å²) in [4.78, 5) is 0. The Labute approximate surface area is 177 Å². The van der Waals surface area contributed by atoms with Crippen molar-refractivity contribution >= 4 is 7.29 Å². The number of nitrogens with zero attached hydrogens (tertiary/aromatic N) is 1. The third-order valence-electron chi connectivity index (χ3n) is 6.18. The number of allylic oxidation sites excluding steroid dienone is 2. The van der Waals surface area contributed by atoms with Crippen LogP contribution in [0.1, 0.15) is 73.1 Å². The minimum absolute atomic E-state index is 0.0394. The lowest BCUT2D eigenvalue weighted by Gasteiger charge is -2.32. The van der Waals surface area contributed by atoms with Gasteiger partial charge in [-0.05, 0) is 62.0 Å². The van der Waals surface area contributed by atoms with Gasteiger partial charge in [-0.1, -0.05) is 87.4 Å². The van der Waals surface area contributed by atoms with Crippen molar-refractivity contribution in [1.82, 2.24) is 4.67 Å². The molecule has 2 aromatic carbocycles. The Morgan fingerprint density at radius 3 is 1.41 bits per heavy atom. The van der Waals surface area contributed by atoms with E-state index in [0.29, 0.717) is 0 Å². The van der Waals surface area contributed by atoms with Crippen molar-refractivity contribution in [1.29, 1.82) is 0 Å². The molecule has 3 heteroatoms. The normalized spacial score (nSPS) is 23.8. The van der Waals surface area contributed by atoms with E-state index in [4.69, 9.17) is 0 Å². The lowest BCUT2D eigenvalue weighted by atomic mass is 10.0. The van der Waals surface area contributed by atoms with Crippen molar-refractivity contribution in [3.05, 3.63) is 82.9 Å². The van der Waals surface area contributed by atoms with Crippen molar-refractivity contribution in [2.75, 3.05) is 14.1 Å². The molecule has 0 spiro atoms. The van der Waals surface area contributed by atoms with Gasteiger partial charge in [0.1, 0.15) is 0 Å². The van der Waals surface area contributed by atoms with Gasteiger partial charge in [0.25, 0.3) is 0 Å². The van der Waals surface area contributed by atoms with E-state index in [1.54, 1.807) is 0 Å². The van der Waals surface area contributed by atoms with Crippen molar-refractivity contribution in [3.8, 4) is 0 Å². The first-order valence-corrected chi connectivity index (χ1v) is 12.9. The molecular weight excluding hydrogens is 373 g/mol. The second-order valence-corrected chi connectivity index (χ2v) is 11.7. The van der Waals surface area contributed by atoms with Crippen LogP contribution < -0.4 is 0 Å². The van der Waals surface area contributed by atoms with Crippen LogP contribution in [-0.4, -0.2) is 18.8 Å². The number of unbranched alkanes of at least 4 members (excludes halogenated alkanes) is 2. The summed E-state index contributed by atoms with van der Waals surface area (Å²) in [6, 6.07) is 17.6. The molecule has 29 heavy (non-hydrogen) atoms. The third kappa shape index (κ3) is 4.76. The summed E-state index contributed by atoms with van der Waals surface area (Å²) in [5.41, 5.74) is 5.00. The van der Waals surface area contributed by atoms with Crippen LogP contribution in [0.2, 0.25) is 0 Å². The first-order valence-electron chi connectivity index (χ1n) is 11.1. The van der Waals surface area contributed by atoms with Gasteiger partial charge in [-0.25, -0.2) is 0 Å². The highest BCUT2D eigenvalue weighted by atomic mass is 31.2. The van der Waals surface area contributed by atoms with Crippen LogP contribution in [0.5, 0.6) is 0 Å². The van der Waals surface area contributed by atoms with Crippen molar-refractivity contribution in [2.45, 2.75) is 63.7 Å². The molecule has 0 saturated carbocycles. The molecule has 1 heterocycles. The molecule has 0 N–H and O–H groups in total. The Bertz CT molecular complexity index is 786. The number of hydrogen-bond donors (Lipinski definition) is 0. The molecule has 2 aromatic rings. The maximum atomic E-state index is 14.4. The fourth-order valence-electron chi connectivity index (χ4n) is 4.30. The summed E-state index contributed by atoms with van der Waals surface area (Å²) in [6.45, 7) is 4.45. The average molecular weight is 410 g/mol.